The minimum atomic E-state index is -3.63. The summed E-state index contributed by atoms with van der Waals surface area (Å²) in [4.78, 5) is 22.4. The van der Waals surface area contributed by atoms with Crippen LogP contribution in [0.15, 0.2) is 29.4 Å². The van der Waals surface area contributed by atoms with Gasteiger partial charge in [0.05, 0.1) is 29.2 Å². The van der Waals surface area contributed by atoms with Crippen LogP contribution >= 0.6 is 11.3 Å². The normalized spacial score (nSPS) is 11.9. The standard InChI is InChI=1S/C22H28N4O5S2/c1-7-26(8-2)33(28,29)15-9-10-16(17(11-15)30-6)25-20-18-14(5)19(22(27)31-13(3)4)32-21(18)24-12-23-20/h9-13H,7-8H2,1-6H3,(H,23,24,25). The maximum absolute atomic E-state index is 12.9. The Morgan fingerprint density at radius 1 is 1.21 bits per heavy atom. The number of thiophene rings is 1. The highest BCUT2D eigenvalue weighted by Gasteiger charge is 2.24. The van der Waals surface area contributed by atoms with Crippen molar-refractivity contribution in [3.63, 3.8) is 0 Å². The molecule has 0 saturated heterocycles. The molecule has 2 aromatic heterocycles. The van der Waals surface area contributed by atoms with Crippen molar-refractivity contribution >= 4 is 49.1 Å². The van der Waals surface area contributed by atoms with Crippen molar-refractivity contribution in [1.82, 2.24) is 14.3 Å². The summed E-state index contributed by atoms with van der Waals surface area (Å²) in [5.74, 6) is 0.428. The highest BCUT2D eigenvalue weighted by atomic mass is 32.2. The third kappa shape index (κ3) is 4.94. The lowest BCUT2D eigenvalue weighted by Gasteiger charge is -2.19. The highest BCUT2D eigenvalue weighted by Crippen LogP contribution is 2.37. The smallest absolute Gasteiger partial charge is 0.348 e. The largest absolute Gasteiger partial charge is 0.495 e. The van der Waals surface area contributed by atoms with Gasteiger partial charge in [-0.1, -0.05) is 13.8 Å². The van der Waals surface area contributed by atoms with E-state index in [1.807, 2.05) is 6.92 Å². The molecule has 0 bridgehead atoms. The summed E-state index contributed by atoms with van der Waals surface area (Å²) < 4.78 is 38.0. The van der Waals surface area contributed by atoms with E-state index in [9.17, 15) is 13.2 Å². The number of nitrogens with one attached hydrogen (secondary N) is 1. The zero-order valence-electron chi connectivity index (χ0n) is 19.5. The lowest BCUT2D eigenvalue weighted by molar-refractivity contribution is 0.0383. The molecular formula is C22H28N4O5S2. The summed E-state index contributed by atoms with van der Waals surface area (Å²) in [6, 6.07) is 4.65. The number of hydrogen-bond acceptors (Lipinski definition) is 9. The Kier molecular flexibility index (Phi) is 7.55. The number of sulfonamides is 1. The average molecular weight is 493 g/mol. The van der Waals surface area contributed by atoms with Crippen molar-refractivity contribution in [2.75, 3.05) is 25.5 Å². The van der Waals surface area contributed by atoms with Crippen molar-refractivity contribution < 1.29 is 22.7 Å². The minimum absolute atomic E-state index is 0.145. The molecule has 2 heterocycles. The molecule has 0 aliphatic rings. The number of anilines is 2. The van der Waals surface area contributed by atoms with Crippen LogP contribution in [0, 0.1) is 6.92 Å². The fraction of sp³-hybridized carbons (Fsp3) is 0.409. The number of fused-ring (bicyclic) bond motifs is 1. The Morgan fingerprint density at radius 2 is 1.91 bits per heavy atom. The Morgan fingerprint density at radius 3 is 2.52 bits per heavy atom. The van der Waals surface area contributed by atoms with Crippen LogP contribution in [0.1, 0.15) is 42.9 Å². The molecule has 11 heteroatoms. The van der Waals surface area contributed by atoms with Gasteiger partial charge in [0, 0.05) is 19.2 Å². The first kappa shape index (κ1) is 24.9. The number of carbonyl (C=O) groups excluding carboxylic acids is 1. The number of benzene rings is 1. The van der Waals surface area contributed by atoms with Crippen LogP contribution in [0.2, 0.25) is 0 Å². The van der Waals surface area contributed by atoms with Crippen molar-refractivity contribution in [3.05, 3.63) is 35.0 Å². The fourth-order valence-corrected chi connectivity index (χ4v) is 5.91. The van der Waals surface area contributed by atoms with Crippen LogP contribution in [0.3, 0.4) is 0 Å². The molecule has 1 N–H and O–H groups in total. The number of methoxy groups -OCH3 is 1. The molecule has 178 valence electrons. The van der Waals surface area contributed by atoms with Crippen LogP contribution in [-0.4, -0.2) is 55.0 Å². The first-order valence-electron chi connectivity index (χ1n) is 10.5. The Bertz CT molecular complexity index is 1270. The molecule has 3 aromatic rings. The number of nitrogens with zero attached hydrogens (tertiary/aromatic N) is 3. The summed E-state index contributed by atoms with van der Waals surface area (Å²) in [6.07, 6.45) is 1.17. The number of esters is 1. The van der Waals surface area contributed by atoms with Gasteiger partial charge in [0.15, 0.2) is 0 Å². The molecule has 33 heavy (non-hydrogen) atoms. The first-order chi connectivity index (χ1) is 15.6. The van der Waals surface area contributed by atoms with Gasteiger partial charge in [-0.15, -0.1) is 11.3 Å². The minimum Gasteiger partial charge on any atom is -0.495 e. The number of carbonyl (C=O) groups is 1. The van der Waals surface area contributed by atoms with Gasteiger partial charge in [-0.05, 0) is 38.5 Å². The van der Waals surface area contributed by atoms with Crippen molar-refractivity contribution in [1.29, 1.82) is 0 Å². The van der Waals surface area contributed by atoms with Crippen LogP contribution in [0.5, 0.6) is 5.75 Å². The monoisotopic (exact) mass is 492 g/mol. The summed E-state index contributed by atoms with van der Waals surface area (Å²) in [7, 11) is -2.16. The Labute approximate surface area is 197 Å². The zero-order chi connectivity index (χ0) is 24.3. The van der Waals surface area contributed by atoms with Crippen LogP contribution < -0.4 is 10.1 Å². The molecule has 9 nitrogen and oxygen atoms in total. The molecule has 0 amide bonds. The van der Waals surface area contributed by atoms with E-state index in [4.69, 9.17) is 9.47 Å². The maximum atomic E-state index is 12.9. The molecule has 0 unspecified atom stereocenters. The molecule has 0 fully saturated rings. The topological polar surface area (TPSA) is 111 Å². The first-order valence-corrected chi connectivity index (χ1v) is 12.8. The van der Waals surface area contributed by atoms with E-state index < -0.39 is 16.0 Å². The van der Waals surface area contributed by atoms with Crippen molar-refractivity contribution in [3.8, 4) is 5.75 Å². The predicted molar refractivity (Wildman–Crippen MR) is 129 cm³/mol. The number of aryl methyl sites for hydroxylation is 1. The van der Waals surface area contributed by atoms with E-state index in [0.717, 1.165) is 0 Å². The van der Waals surface area contributed by atoms with Gasteiger partial charge in [-0.2, -0.15) is 4.31 Å². The second-order valence-electron chi connectivity index (χ2n) is 7.49. The number of ether oxygens (including phenoxy) is 2. The fourth-order valence-electron chi connectivity index (χ4n) is 3.40. The lowest BCUT2D eigenvalue weighted by Crippen LogP contribution is -2.30. The molecule has 0 atom stereocenters. The van der Waals surface area contributed by atoms with E-state index in [-0.39, 0.29) is 11.0 Å². The predicted octanol–water partition coefficient (Wildman–Crippen LogP) is 4.35. The second kappa shape index (κ2) is 10.0. The van der Waals surface area contributed by atoms with Crippen LogP contribution in [0.25, 0.3) is 10.2 Å². The van der Waals surface area contributed by atoms with Gasteiger partial charge in [0.25, 0.3) is 0 Å². The zero-order valence-corrected chi connectivity index (χ0v) is 21.1. The molecule has 0 radical (unpaired) electrons. The van der Waals surface area contributed by atoms with Crippen LogP contribution in [0.4, 0.5) is 11.5 Å². The number of hydrogen-bond donors (Lipinski definition) is 1. The SMILES string of the molecule is CCN(CC)S(=O)(=O)c1ccc(Nc2ncnc3sc(C(=O)OC(C)C)c(C)c23)c(OC)c1. The van der Waals surface area contributed by atoms with Gasteiger partial charge >= 0.3 is 5.97 Å². The van der Waals surface area contributed by atoms with E-state index in [1.54, 1.807) is 33.8 Å². The van der Waals surface area contributed by atoms with Gasteiger partial charge in [-0.25, -0.2) is 23.2 Å². The van der Waals surface area contributed by atoms with Gasteiger partial charge in [0.2, 0.25) is 10.0 Å². The highest BCUT2D eigenvalue weighted by molar-refractivity contribution is 7.89. The average Bonchev–Trinajstić information content (AvgIpc) is 3.11. The molecule has 3 rings (SSSR count). The third-order valence-corrected chi connectivity index (χ3v) is 8.25. The summed E-state index contributed by atoms with van der Waals surface area (Å²) in [5.41, 5.74) is 1.25. The summed E-state index contributed by atoms with van der Waals surface area (Å²) >= 11 is 1.24. The Balaban J connectivity index is 2.02. The second-order valence-corrected chi connectivity index (χ2v) is 10.4. The van der Waals surface area contributed by atoms with E-state index >= 15 is 0 Å². The van der Waals surface area contributed by atoms with Crippen molar-refractivity contribution in [2.24, 2.45) is 0 Å². The maximum Gasteiger partial charge on any atom is 0.348 e. The quantitative estimate of drug-likeness (QED) is 0.439. The molecule has 1 aromatic carbocycles. The Hall–Kier alpha value is -2.76. The third-order valence-electron chi connectivity index (χ3n) is 5.02. The molecular weight excluding hydrogens is 464 g/mol. The molecule has 0 aliphatic heterocycles. The van der Waals surface area contributed by atoms with Crippen molar-refractivity contribution in [2.45, 2.75) is 45.6 Å². The van der Waals surface area contributed by atoms with Gasteiger partial charge < -0.3 is 14.8 Å². The van der Waals surface area contributed by atoms with Gasteiger partial charge in [-0.3, -0.25) is 0 Å². The molecule has 0 saturated carbocycles. The van der Waals surface area contributed by atoms with Crippen LogP contribution in [-0.2, 0) is 14.8 Å². The lowest BCUT2D eigenvalue weighted by atomic mass is 10.2. The molecule has 0 spiro atoms. The summed E-state index contributed by atoms with van der Waals surface area (Å²) in [6.45, 7) is 9.75. The molecule has 0 aliphatic carbocycles. The van der Waals surface area contributed by atoms with E-state index in [2.05, 4.69) is 15.3 Å². The van der Waals surface area contributed by atoms with E-state index in [0.29, 0.717) is 51.0 Å². The van der Waals surface area contributed by atoms with E-state index in [1.165, 1.54) is 41.2 Å². The number of aromatic nitrogens is 2. The summed E-state index contributed by atoms with van der Waals surface area (Å²) in [5, 5.41) is 3.90. The van der Waals surface area contributed by atoms with Gasteiger partial charge in [0.1, 0.15) is 27.6 Å². The number of rotatable bonds is 9.